The Morgan fingerprint density at radius 2 is 1.76 bits per heavy atom. The van der Waals surface area contributed by atoms with E-state index in [0.717, 1.165) is 25.7 Å². The average Bonchev–Trinajstić information content (AvgIpc) is 2.36. The number of esters is 1. The van der Waals surface area contributed by atoms with Crippen LogP contribution in [0.4, 0.5) is 0 Å². The molecule has 0 aromatic rings. The van der Waals surface area contributed by atoms with Gasteiger partial charge in [0.15, 0.2) is 8.32 Å². The molecule has 0 saturated heterocycles. The molecule has 1 rings (SSSR count). The molecule has 0 heterocycles. The molecule has 0 unspecified atom stereocenters. The van der Waals surface area contributed by atoms with E-state index in [1.165, 1.54) is 0 Å². The van der Waals surface area contributed by atoms with E-state index >= 15 is 0 Å². The minimum Gasteiger partial charge on any atom is -0.463 e. The Morgan fingerprint density at radius 3 is 2.24 bits per heavy atom. The van der Waals surface area contributed by atoms with Crippen molar-refractivity contribution in [3.63, 3.8) is 0 Å². The van der Waals surface area contributed by atoms with E-state index in [0.29, 0.717) is 18.6 Å². The summed E-state index contributed by atoms with van der Waals surface area (Å²) >= 11 is 0. The Morgan fingerprint density at radius 1 is 1.19 bits per heavy atom. The molecule has 21 heavy (non-hydrogen) atoms. The molecular weight excluding hydrogens is 280 g/mol. The van der Waals surface area contributed by atoms with Crippen LogP contribution in [0.1, 0.15) is 53.4 Å². The summed E-state index contributed by atoms with van der Waals surface area (Å²) in [5, 5.41) is 0.271. The van der Waals surface area contributed by atoms with Gasteiger partial charge >= 0.3 is 5.97 Å². The van der Waals surface area contributed by atoms with Crippen molar-refractivity contribution in [2.24, 2.45) is 5.92 Å². The molecule has 0 bridgehead atoms. The Hall–Kier alpha value is -0.613. The third kappa shape index (κ3) is 5.95. The number of hydrogen-bond donors (Lipinski definition) is 0. The average molecular weight is 313 g/mol. The summed E-state index contributed by atoms with van der Waals surface area (Å²) in [6.07, 6.45) is 8.42. The second-order valence-corrected chi connectivity index (χ2v) is 12.3. The zero-order valence-electron chi connectivity index (χ0n) is 14.6. The van der Waals surface area contributed by atoms with Gasteiger partial charge in [0.1, 0.15) is 0 Å². The first kappa shape index (κ1) is 18.4. The maximum atomic E-state index is 11.3. The summed E-state index contributed by atoms with van der Waals surface area (Å²) in [6, 6.07) is 0. The van der Waals surface area contributed by atoms with Gasteiger partial charge in [0.2, 0.25) is 0 Å². The second-order valence-electron chi connectivity index (χ2n) is 7.53. The van der Waals surface area contributed by atoms with Gasteiger partial charge in [-0.1, -0.05) is 26.8 Å². The van der Waals surface area contributed by atoms with E-state index in [2.05, 4.69) is 33.9 Å². The van der Waals surface area contributed by atoms with E-state index in [-0.39, 0.29) is 11.0 Å². The highest BCUT2D eigenvalue weighted by atomic mass is 28.4. The molecular formula is C17H32O3Si. The summed E-state index contributed by atoms with van der Waals surface area (Å²) in [5.41, 5.74) is 0. The lowest BCUT2D eigenvalue weighted by Crippen LogP contribution is -2.44. The van der Waals surface area contributed by atoms with Crippen molar-refractivity contribution in [2.45, 2.75) is 77.6 Å². The van der Waals surface area contributed by atoms with Crippen molar-refractivity contribution >= 4 is 14.3 Å². The summed E-state index contributed by atoms with van der Waals surface area (Å²) in [4.78, 5) is 11.3. The molecule has 0 radical (unpaired) electrons. The van der Waals surface area contributed by atoms with Crippen LogP contribution in [0.2, 0.25) is 18.1 Å². The van der Waals surface area contributed by atoms with E-state index < -0.39 is 8.32 Å². The topological polar surface area (TPSA) is 35.5 Å². The van der Waals surface area contributed by atoms with Crippen LogP contribution in [0.3, 0.4) is 0 Å². The van der Waals surface area contributed by atoms with Crippen LogP contribution >= 0.6 is 0 Å². The van der Waals surface area contributed by atoms with Crippen molar-refractivity contribution in [3.8, 4) is 0 Å². The highest BCUT2D eigenvalue weighted by molar-refractivity contribution is 6.74. The first-order valence-electron chi connectivity index (χ1n) is 8.18. The number of carbonyl (C=O) groups is 1. The number of rotatable bonds is 5. The molecule has 0 N–H and O–H groups in total. The van der Waals surface area contributed by atoms with E-state index in [4.69, 9.17) is 9.16 Å². The number of ether oxygens (including phenoxy) is 1. The van der Waals surface area contributed by atoms with Gasteiger partial charge in [0.05, 0.1) is 6.61 Å². The van der Waals surface area contributed by atoms with Crippen LogP contribution in [0, 0.1) is 5.92 Å². The van der Waals surface area contributed by atoms with Crippen LogP contribution in [-0.2, 0) is 14.0 Å². The van der Waals surface area contributed by atoms with Gasteiger partial charge < -0.3 is 9.16 Å². The van der Waals surface area contributed by atoms with E-state index in [1.54, 1.807) is 6.08 Å². The lowest BCUT2D eigenvalue weighted by molar-refractivity contribution is -0.137. The smallest absolute Gasteiger partial charge is 0.330 e. The van der Waals surface area contributed by atoms with Gasteiger partial charge in [-0.15, -0.1) is 0 Å². The molecule has 0 aromatic carbocycles. The molecule has 1 aliphatic carbocycles. The zero-order chi connectivity index (χ0) is 16.1. The summed E-state index contributed by atoms with van der Waals surface area (Å²) in [6.45, 7) is 13.8. The molecule has 0 atom stereocenters. The first-order chi connectivity index (χ1) is 9.65. The molecule has 1 saturated carbocycles. The minimum atomic E-state index is -1.65. The highest BCUT2D eigenvalue weighted by Crippen LogP contribution is 2.39. The highest BCUT2D eigenvalue weighted by Gasteiger charge is 2.39. The number of allylic oxidation sites excluding steroid dienone is 1. The normalized spacial score (nSPS) is 24.3. The SMILES string of the molecule is CCOC(=O)C=CC1CCC(O[Si](C)(C)C(C)(C)C)CC1. The van der Waals surface area contributed by atoms with Gasteiger partial charge in [-0.3, -0.25) is 0 Å². The molecule has 0 aromatic heterocycles. The van der Waals surface area contributed by atoms with Crippen LogP contribution in [-0.4, -0.2) is 27.0 Å². The van der Waals surface area contributed by atoms with Gasteiger partial charge in [-0.25, -0.2) is 4.79 Å². The summed E-state index contributed by atoms with van der Waals surface area (Å²) in [5.74, 6) is 0.269. The number of hydrogen-bond acceptors (Lipinski definition) is 3. The monoisotopic (exact) mass is 312 g/mol. The minimum absolute atomic E-state index is 0.225. The Balaban J connectivity index is 2.41. The maximum Gasteiger partial charge on any atom is 0.330 e. The van der Waals surface area contributed by atoms with Crippen LogP contribution in [0.25, 0.3) is 0 Å². The molecule has 4 heteroatoms. The van der Waals surface area contributed by atoms with E-state index in [1.807, 2.05) is 13.0 Å². The predicted octanol–water partition coefficient (Wildman–Crippen LogP) is 4.69. The molecule has 1 aliphatic rings. The Kier molecular flexibility index (Phi) is 6.66. The lowest BCUT2D eigenvalue weighted by Gasteiger charge is -2.41. The molecule has 1 fully saturated rings. The standard InChI is InChI=1S/C17H32O3Si/c1-7-19-16(18)13-10-14-8-11-15(12-9-14)20-21(5,6)17(2,3)4/h10,13-15H,7-9,11-12H2,1-6H3. The maximum absolute atomic E-state index is 11.3. The second kappa shape index (κ2) is 7.59. The van der Waals surface area contributed by atoms with Gasteiger partial charge in [0, 0.05) is 12.2 Å². The Bertz CT molecular complexity index is 361. The summed E-state index contributed by atoms with van der Waals surface area (Å²) in [7, 11) is -1.65. The van der Waals surface area contributed by atoms with Crippen molar-refractivity contribution in [1.82, 2.24) is 0 Å². The van der Waals surface area contributed by atoms with Crippen molar-refractivity contribution in [2.75, 3.05) is 6.61 Å². The largest absolute Gasteiger partial charge is 0.463 e. The molecule has 0 spiro atoms. The fraction of sp³-hybridized carbons (Fsp3) is 0.824. The quantitative estimate of drug-likeness (QED) is 0.420. The van der Waals surface area contributed by atoms with Gasteiger partial charge in [-0.05, 0) is 56.7 Å². The van der Waals surface area contributed by atoms with Crippen LogP contribution in [0.5, 0.6) is 0 Å². The van der Waals surface area contributed by atoms with Crippen molar-refractivity contribution < 1.29 is 14.0 Å². The molecule has 0 aliphatic heterocycles. The van der Waals surface area contributed by atoms with Crippen LogP contribution < -0.4 is 0 Å². The fourth-order valence-electron chi connectivity index (χ4n) is 2.40. The molecule has 0 amide bonds. The van der Waals surface area contributed by atoms with Crippen molar-refractivity contribution in [3.05, 3.63) is 12.2 Å². The summed E-state index contributed by atoms with van der Waals surface area (Å²) < 4.78 is 11.4. The van der Waals surface area contributed by atoms with Crippen molar-refractivity contribution in [1.29, 1.82) is 0 Å². The first-order valence-corrected chi connectivity index (χ1v) is 11.1. The molecule has 122 valence electrons. The van der Waals surface area contributed by atoms with Gasteiger partial charge in [-0.2, -0.15) is 0 Å². The van der Waals surface area contributed by atoms with E-state index in [9.17, 15) is 4.79 Å². The fourth-order valence-corrected chi connectivity index (χ4v) is 3.82. The lowest BCUT2D eigenvalue weighted by atomic mass is 9.87. The zero-order valence-corrected chi connectivity index (χ0v) is 15.6. The van der Waals surface area contributed by atoms with Gasteiger partial charge in [0.25, 0.3) is 0 Å². The third-order valence-electron chi connectivity index (χ3n) is 4.78. The Labute approximate surface area is 131 Å². The third-order valence-corrected chi connectivity index (χ3v) is 9.31. The molecule has 3 nitrogen and oxygen atoms in total. The number of carbonyl (C=O) groups excluding carboxylic acids is 1. The predicted molar refractivity (Wildman–Crippen MR) is 89.8 cm³/mol. The van der Waals surface area contributed by atoms with Crippen LogP contribution in [0.15, 0.2) is 12.2 Å².